The predicted molar refractivity (Wildman–Crippen MR) is 64.2 cm³/mol. The number of hydrogen-bond acceptors (Lipinski definition) is 3. The summed E-state index contributed by atoms with van der Waals surface area (Å²) >= 11 is 0. The molecule has 1 heterocycles. The fraction of sp³-hybridized carbons (Fsp3) is 0.917. The maximum Gasteiger partial charge on any atom is 0.237 e. The average Bonchev–Trinajstić information content (AvgIpc) is 2.34. The summed E-state index contributed by atoms with van der Waals surface area (Å²) in [7, 11) is 0. The van der Waals surface area contributed by atoms with E-state index in [0.717, 1.165) is 51.6 Å². The van der Waals surface area contributed by atoms with Gasteiger partial charge in [0.25, 0.3) is 0 Å². The Hall–Kier alpha value is -0.610. The summed E-state index contributed by atoms with van der Waals surface area (Å²) in [4.78, 5) is 11.7. The number of unbranched alkanes of at least 4 members (excludes halogenated alkanes) is 3. The molecular formula is C12H24N2O2. The van der Waals surface area contributed by atoms with Gasteiger partial charge in [-0.25, -0.2) is 0 Å². The first-order chi connectivity index (χ1) is 7.84. The monoisotopic (exact) mass is 228 g/mol. The number of aliphatic hydroxyl groups is 1. The SMILES string of the molecule is O=C(NCCCCCCO)[C@@H]1CCCCN1. The zero-order chi connectivity index (χ0) is 11.6. The van der Waals surface area contributed by atoms with Gasteiger partial charge in [-0.2, -0.15) is 0 Å². The van der Waals surface area contributed by atoms with Crippen LogP contribution in [0.3, 0.4) is 0 Å². The smallest absolute Gasteiger partial charge is 0.237 e. The summed E-state index contributed by atoms with van der Waals surface area (Å²) in [6, 6.07) is 0.0335. The summed E-state index contributed by atoms with van der Waals surface area (Å²) in [5, 5.41) is 14.8. The van der Waals surface area contributed by atoms with Gasteiger partial charge in [0.2, 0.25) is 5.91 Å². The van der Waals surface area contributed by atoms with Crippen molar-refractivity contribution in [3.8, 4) is 0 Å². The normalized spacial score (nSPS) is 20.7. The molecule has 1 amide bonds. The maximum atomic E-state index is 11.7. The zero-order valence-corrected chi connectivity index (χ0v) is 10.0. The molecule has 16 heavy (non-hydrogen) atoms. The molecular weight excluding hydrogens is 204 g/mol. The Morgan fingerprint density at radius 3 is 2.75 bits per heavy atom. The fourth-order valence-electron chi connectivity index (χ4n) is 2.00. The third-order valence-corrected chi connectivity index (χ3v) is 3.01. The predicted octanol–water partition coefficient (Wildman–Crippen LogP) is 0.797. The van der Waals surface area contributed by atoms with E-state index >= 15 is 0 Å². The highest BCUT2D eigenvalue weighted by molar-refractivity contribution is 5.81. The van der Waals surface area contributed by atoms with Crippen molar-refractivity contribution in [1.29, 1.82) is 0 Å². The van der Waals surface area contributed by atoms with Crippen LogP contribution in [0.1, 0.15) is 44.9 Å². The number of carbonyl (C=O) groups is 1. The quantitative estimate of drug-likeness (QED) is 0.565. The Kier molecular flexibility index (Phi) is 7.17. The third kappa shape index (κ3) is 5.47. The lowest BCUT2D eigenvalue weighted by atomic mass is 10.0. The molecule has 1 rings (SSSR count). The summed E-state index contributed by atoms with van der Waals surface area (Å²) in [6.45, 7) is 2.01. The van der Waals surface area contributed by atoms with Crippen LogP contribution < -0.4 is 10.6 Å². The first-order valence-corrected chi connectivity index (χ1v) is 6.46. The second-order valence-corrected chi connectivity index (χ2v) is 4.43. The summed E-state index contributed by atoms with van der Waals surface area (Å²) in [5.74, 6) is 0.154. The summed E-state index contributed by atoms with van der Waals surface area (Å²) < 4.78 is 0. The van der Waals surface area contributed by atoms with Crippen molar-refractivity contribution in [2.45, 2.75) is 51.0 Å². The molecule has 1 atom stereocenters. The number of aliphatic hydroxyl groups excluding tert-OH is 1. The van der Waals surface area contributed by atoms with E-state index in [9.17, 15) is 4.79 Å². The van der Waals surface area contributed by atoms with Crippen molar-refractivity contribution in [2.75, 3.05) is 19.7 Å². The Labute approximate surface area is 97.8 Å². The van der Waals surface area contributed by atoms with Gasteiger partial charge in [0, 0.05) is 13.2 Å². The molecule has 1 fully saturated rings. The Balaban J connectivity index is 1.97. The topological polar surface area (TPSA) is 61.4 Å². The minimum absolute atomic E-state index is 0.0335. The highest BCUT2D eigenvalue weighted by Gasteiger charge is 2.19. The molecule has 0 unspecified atom stereocenters. The third-order valence-electron chi connectivity index (χ3n) is 3.01. The molecule has 3 N–H and O–H groups in total. The minimum atomic E-state index is 0.0335. The van der Waals surface area contributed by atoms with Crippen molar-refractivity contribution in [3.63, 3.8) is 0 Å². The molecule has 0 bridgehead atoms. The van der Waals surface area contributed by atoms with Crippen molar-refractivity contribution in [1.82, 2.24) is 10.6 Å². The fourth-order valence-corrected chi connectivity index (χ4v) is 2.00. The highest BCUT2D eigenvalue weighted by atomic mass is 16.2. The Morgan fingerprint density at radius 2 is 2.06 bits per heavy atom. The number of nitrogens with one attached hydrogen (secondary N) is 2. The molecule has 0 radical (unpaired) electrons. The van der Waals surface area contributed by atoms with E-state index in [0.29, 0.717) is 0 Å². The van der Waals surface area contributed by atoms with Crippen LogP contribution in [0.2, 0.25) is 0 Å². The molecule has 0 aromatic carbocycles. The molecule has 4 heteroatoms. The van der Waals surface area contributed by atoms with Crippen LogP contribution in [0.4, 0.5) is 0 Å². The molecule has 1 saturated heterocycles. The zero-order valence-electron chi connectivity index (χ0n) is 10.0. The van der Waals surface area contributed by atoms with E-state index in [1.807, 2.05) is 0 Å². The highest BCUT2D eigenvalue weighted by Crippen LogP contribution is 2.06. The van der Waals surface area contributed by atoms with Crippen molar-refractivity contribution in [3.05, 3.63) is 0 Å². The van der Waals surface area contributed by atoms with Gasteiger partial charge in [0.15, 0.2) is 0 Å². The first-order valence-electron chi connectivity index (χ1n) is 6.46. The molecule has 0 spiro atoms. The molecule has 4 nitrogen and oxygen atoms in total. The molecule has 0 saturated carbocycles. The minimum Gasteiger partial charge on any atom is -0.396 e. The van der Waals surface area contributed by atoms with Crippen LogP contribution in [-0.2, 0) is 4.79 Å². The lowest BCUT2D eigenvalue weighted by Gasteiger charge is -2.22. The lowest BCUT2D eigenvalue weighted by molar-refractivity contribution is -0.123. The molecule has 1 aliphatic rings. The Bertz CT molecular complexity index is 191. The van der Waals surface area contributed by atoms with Gasteiger partial charge in [0.05, 0.1) is 6.04 Å². The maximum absolute atomic E-state index is 11.7. The van der Waals surface area contributed by atoms with Crippen molar-refractivity contribution in [2.24, 2.45) is 0 Å². The van der Waals surface area contributed by atoms with Gasteiger partial charge in [-0.1, -0.05) is 19.3 Å². The number of rotatable bonds is 7. The van der Waals surface area contributed by atoms with Gasteiger partial charge in [-0.05, 0) is 32.2 Å². The van der Waals surface area contributed by atoms with E-state index in [1.54, 1.807) is 0 Å². The van der Waals surface area contributed by atoms with E-state index in [1.165, 1.54) is 6.42 Å². The van der Waals surface area contributed by atoms with Gasteiger partial charge in [-0.15, -0.1) is 0 Å². The van der Waals surface area contributed by atoms with Gasteiger partial charge in [-0.3, -0.25) is 4.79 Å². The Morgan fingerprint density at radius 1 is 1.25 bits per heavy atom. The van der Waals surface area contributed by atoms with Crippen LogP contribution in [-0.4, -0.2) is 36.8 Å². The van der Waals surface area contributed by atoms with Gasteiger partial charge in [0.1, 0.15) is 0 Å². The van der Waals surface area contributed by atoms with Gasteiger partial charge >= 0.3 is 0 Å². The molecule has 1 aliphatic heterocycles. The molecule has 0 aromatic heterocycles. The van der Waals surface area contributed by atoms with Crippen LogP contribution in [0.5, 0.6) is 0 Å². The van der Waals surface area contributed by atoms with E-state index in [4.69, 9.17) is 5.11 Å². The number of piperidine rings is 1. The number of hydrogen-bond donors (Lipinski definition) is 3. The van der Waals surface area contributed by atoms with Crippen molar-refractivity contribution >= 4 is 5.91 Å². The van der Waals surface area contributed by atoms with Crippen LogP contribution in [0, 0.1) is 0 Å². The largest absolute Gasteiger partial charge is 0.396 e. The van der Waals surface area contributed by atoms with Crippen LogP contribution >= 0.6 is 0 Å². The van der Waals surface area contributed by atoms with Crippen LogP contribution in [0.15, 0.2) is 0 Å². The van der Waals surface area contributed by atoms with Gasteiger partial charge < -0.3 is 15.7 Å². The van der Waals surface area contributed by atoms with E-state index in [-0.39, 0.29) is 18.6 Å². The molecule has 94 valence electrons. The summed E-state index contributed by atoms with van der Waals surface area (Å²) in [5.41, 5.74) is 0. The van der Waals surface area contributed by atoms with E-state index < -0.39 is 0 Å². The van der Waals surface area contributed by atoms with Crippen LogP contribution in [0.25, 0.3) is 0 Å². The lowest BCUT2D eigenvalue weighted by Crippen LogP contribution is -2.46. The second-order valence-electron chi connectivity index (χ2n) is 4.43. The van der Waals surface area contributed by atoms with Crippen molar-refractivity contribution < 1.29 is 9.90 Å². The molecule has 0 aliphatic carbocycles. The average molecular weight is 228 g/mol. The second kappa shape index (κ2) is 8.53. The standard InChI is InChI=1S/C12H24N2O2/c15-10-6-2-1-4-9-14-12(16)11-7-3-5-8-13-11/h11,13,15H,1-10H2,(H,14,16)/t11-/m0/s1. The molecule has 0 aromatic rings. The first kappa shape index (κ1) is 13.5. The summed E-state index contributed by atoms with van der Waals surface area (Å²) in [6.07, 6.45) is 7.33. The van der Waals surface area contributed by atoms with E-state index in [2.05, 4.69) is 10.6 Å². The number of carbonyl (C=O) groups excluding carboxylic acids is 1. The number of amides is 1.